The van der Waals surface area contributed by atoms with Gasteiger partial charge in [0.25, 0.3) is 0 Å². The van der Waals surface area contributed by atoms with Gasteiger partial charge in [0.05, 0.1) is 0 Å². The van der Waals surface area contributed by atoms with E-state index in [0.717, 1.165) is 5.82 Å². The summed E-state index contributed by atoms with van der Waals surface area (Å²) in [6.07, 6.45) is 3.53. The first-order valence-electron chi connectivity index (χ1n) is 6.47. The van der Waals surface area contributed by atoms with Gasteiger partial charge < -0.3 is 10.1 Å². The highest BCUT2D eigenvalue weighted by Crippen LogP contribution is 2.27. The summed E-state index contributed by atoms with van der Waals surface area (Å²) in [6, 6.07) is 0. The Morgan fingerprint density at radius 2 is 1.50 bits per heavy atom. The Balaban J connectivity index is 0.000000502. The minimum absolute atomic E-state index is 0.210. The van der Waals surface area contributed by atoms with Crippen LogP contribution >= 0.6 is 0 Å². The van der Waals surface area contributed by atoms with Gasteiger partial charge in [0.2, 0.25) is 0 Å². The minimum atomic E-state index is -6.60. The van der Waals surface area contributed by atoms with Crippen molar-refractivity contribution < 1.29 is 48.3 Å². The van der Waals surface area contributed by atoms with Crippen molar-refractivity contribution in [3.63, 3.8) is 0 Å². The number of sulfonamides is 2. The molecule has 0 saturated heterocycles. The molecule has 3 N–H and O–H groups in total. The summed E-state index contributed by atoms with van der Waals surface area (Å²) < 4.78 is 108. The lowest BCUT2D eigenvalue weighted by atomic mass is 9.96. The highest BCUT2D eigenvalue weighted by molar-refractivity contribution is 8.05. The molecule has 0 amide bonds. The number of nitrogens with one attached hydrogen (secondary N) is 2. The van der Waals surface area contributed by atoms with E-state index in [0.29, 0.717) is 5.92 Å². The second-order valence-electron chi connectivity index (χ2n) is 4.90. The van der Waals surface area contributed by atoms with Gasteiger partial charge in [-0.3, -0.25) is 0 Å². The molecule has 1 rings (SSSR count). The molecule has 1 aromatic rings. The lowest BCUT2D eigenvalue weighted by Crippen LogP contribution is -2.45. The Bertz CT molecular complexity index is 716. The van der Waals surface area contributed by atoms with Crippen LogP contribution in [0.4, 0.5) is 26.3 Å². The van der Waals surface area contributed by atoms with E-state index in [2.05, 4.69) is 16.9 Å². The molecule has 1 heterocycles. The van der Waals surface area contributed by atoms with Crippen molar-refractivity contribution in [1.82, 2.24) is 14.1 Å². The van der Waals surface area contributed by atoms with Gasteiger partial charge in [-0.05, 0) is 5.92 Å². The summed E-state index contributed by atoms with van der Waals surface area (Å²) >= 11 is 0. The van der Waals surface area contributed by atoms with Crippen molar-refractivity contribution in [3.8, 4) is 0 Å². The average molecular weight is 435 g/mol. The molecule has 0 radical (unpaired) electrons. The first kappa shape index (κ1) is 24.6. The fourth-order valence-corrected chi connectivity index (χ4v) is 3.10. The first-order valence-corrected chi connectivity index (χ1v) is 9.44. The molecule has 0 aliphatic heterocycles. The van der Waals surface area contributed by atoms with Gasteiger partial charge in [-0.25, -0.2) is 21.8 Å². The second-order valence-corrected chi connectivity index (χ2v) is 8.51. The fourth-order valence-electron chi connectivity index (χ4n) is 1.19. The molecule has 1 aromatic heterocycles. The maximum absolute atomic E-state index is 11.5. The Hall–Kier alpha value is -1.39. The van der Waals surface area contributed by atoms with Gasteiger partial charge in [-0.2, -0.15) is 26.3 Å². The summed E-state index contributed by atoms with van der Waals surface area (Å²) in [5.74, 6) is 1.52. The number of aliphatic hydroxyl groups excluding tert-OH is 1. The summed E-state index contributed by atoms with van der Waals surface area (Å²) in [6.45, 7) is 4.27. The van der Waals surface area contributed by atoms with Crippen LogP contribution < -0.4 is 4.13 Å². The van der Waals surface area contributed by atoms with Crippen LogP contribution in [0, 0.1) is 5.92 Å². The number of alkyl halides is 6. The van der Waals surface area contributed by atoms with E-state index >= 15 is 0 Å². The van der Waals surface area contributed by atoms with Crippen LogP contribution in [-0.2, 0) is 20.0 Å². The van der Waals surface area contributed by atoms with Crippen molar-refractivity contribution >= 4 is 20.0 Å². The number of imidazole rings is 1. The summed E-state index contributed by atoms with van der Waals surface area (Å²) in [4.78, 5) is 7.15. The molecule has 2 unspecified atom stereocenters. The van der Waals surface area contributed by atoms with E-state index in [4.69, 9.17) is 5.11 Å². The predicted molar refractivity (Wildman–Crippen MR) is 76.3 cm³/mol. The topological polar surface area (TPSA) is 129 Å². The standard InChI is InChI=1S/C8H14N2O.C2HF6NO4S2/c1-6(5-11)7(2)8-9-3-4-10-8;3-1(4,5)14(10,11)9-15(12,13)2(6,7)8/h3-4,6-7,11H,5H2,1-2H3,(H,9,10);9H. The smallest absolute Gasteiger partial charge is 0.396 e. The number of rotatable bonds is 5. The third-order valence-electron chi connectivity index (χ3n) is 2.92. The fraction of sp³-hybridized carbons (Fsp3) is 0.700. The predicted octanol–water partition coefficient (Wildman–Crippen LogP) is 1.42. The lowest BCUT2D eigenvalue weighted by molar-refractivity contribution is -0.0476. The van der Waals surface area contributed by atoms with E-state index in [1.807, 2.05) is 6.92 Å². The van der Waals surface area contributed by atoms with Crippen molar-refractivity contribution in [2.45, 2.75) is 30.8 Å². The minimum Gasteiger partial charge on any atom is -0.396 e. The van der Waals surface area contributed by atoms with Crippen LogP contribution in [0.3, 0.4) is 0 Å². The van der Waals surface area contributed by atoms with Crippen LogP contribution in [0.25, 0.3) is 0 Å². The van der Waals surface area contributed by atoms with E-state index in [1.165, 1.54) is 0 Å². The zero-order valence-electron chi connectivity index (χ0n) is 13.1. The van der Waals surface area contributed by atoms with Gasteiger partial charge in [0.1, 0.15) is 5.82 Å². The molecule has 0 saturated carbocycles. The Morgan fingerprint density at radius 3 is 1.77 bits per heavy atom. The SMILES string of the molecule is CC(CO)C(C)c1ncc[nH]1.O=S(=O)(NS(=O)(=O)C(F)(F)F)C(F)(F)F. The molecule has 154 valence electrons. The quantitative estimate of drug-likeness (QED) is 0.600. The van der Waals surface area contributed by atoms with Crippen molar-refractivity contribution in [3.05, 3.63) is 18.2 Å². The average Bonchev–Trinajstić information content (AvgIpc) is 2.96. The summed E-state index contributed by atoms with van der Waals surface area (Å²) in [5.41, 5.74) is -12.3. The van der Waals surface area contributed by atoms with Crippen molar-refractivity contribution in [2.24, 2.45) is 5.92 Å². The summed E-state index contributed by atoms with van der Waals surface area (Å²) in [5, 5.41) is 8.86. The number of aromatic amines is 1. The van der Waals surface area contributed by atoms with Crippen LogP contribution in [0.15, 0.2) is 12.4 Å². The van der Waals surface area contributed by atoms with Crippen molar-refractivity contribution in [2.75, 3.05) is 6.61 Å². The third-order valence-corrected chi connectivity index (χ3v) is 5.90. The Morgan fingerprint density at radius 1 is 1.08 bits per heavy atom. The zero-order chi connectivity index (χ0) is 21.0. The molecule has 0 aliphatic rings. The largest absolute Gasteiger partial charge is 0.512 e. The van der Waals surface area contributed by atoms with Gasteiger partial charge in [0, 0.05) is 24.9 Å². The maximum atomic E-state index is 11.5. The summed E-state index contributed by atoms with van der Waals surface area (Å²) in [7, 11) is -13.2. The molecule has 0 bridgehead atoms. The van der Waals surface area contributed by atoms with E-state index < -0.39 is 35.2 Å². The molecule has 8 nitrogen and oxygen atoms in total. The molecule has 26 heavy (non-hydrogen) atoms. The third kappa shape index (κ3) is 6.73. The second kappa shape index (κ2) is 8.53. The number of H-pyrrole nitrogens is 1. The Labute approximate surface area is 144 Å². The van der Waals surface area contributed by atoms with Crippen LogP contribution in [0.5, 0.6) is 0 Å². The molecule has 0 aliphatic carbocycles. The number of aliphatic hydroxyl groups is 1. The maximum Gasteiger partial charge on any atom is 0.512 e. The van der Waals surface area contributed by atoms with Crippen LogP contribution in [-0.4, -0.2) is 49.5 Å². The van der Waals surface area contributed by atoms with Gasteiger partial charge in [-0.1, -0.05) is 18.0 Å². The molecular weight excluding hydrogens is 420 g/mol. The molecule has 0 fully saturated rings. The number of hydrogen-bond acceptors (Lipinski definition) is 6. The van der Waals surface area contributed by atoms with Crippen LogP contribution in [0.1, 0.15) is 25.6 Å². The van der Waals surface area contributed by atoms with E-state index in [1.54, 1.807) is 12.4 Å². The highest BCUT2D eigenvalue weighted by Gasteiger charge is 2.55. The molecular formula is C10H15F6N3O5S2. The number of hydrogen-bond donors (Lipinski definition) is 3. The number of nitrogens with zero attached hydrogens (tertiary/aromatic N) is 1. The molecule has 0 aromatic carbocycles. The molecule has 0 spiro atoms. The monoisotopic (exact) mass is 435 g/mol. The highest BCUT2D eigenvalue weighted by atomic mass is 32.3. The van der Waals surface area contributed by atoms with Gasteiger partial charge in [-0.15, -0.1) is 0 Å². The first-order chi connectivity index (χ1) is 11.5. The van der Waals surface area contributed by atoms with Crippen LogP contribution in [0.2, 0.25) is 0 Å². The normalized spacial score (nSPS) is 15.7. The zero-order valence-corrected chi connectivity index (χ0v) is 14.8. The Kier molecular flexibility index (Phi) is 8.08. The number of halogens is 6. The van der Waals surface area contributed by atoms with Gasteiger partial charge in [0.15, 0.2) is 0 Å². The molecule has 2 atom stereocenters. The van der Waals surface area contributed by atoms with E-state index in [-0.39, 0.29) is 12.5 Å². The van der Waals surface area contributed by atoms with Crippen molar-refractivity contribution in [1.29, 1.82) is 0 Å². The van der Waals surface area contributed by atoms with Gasteiger partial charge >= 0.3 is 31.1 Å². The lowest BCUT2D eigenvalue weighted by Gasteiger charge is -2.14. The van der Waals surface area contributed by atoms with E-state index in [9.17, 15) is 43.2 Å². The molecule has 16 heteroatoms. The number of aromatic nitrogens is 2.